The molecule has 0 aromatic carbocycles. The maximum atomic E-state index is 12.3. The minimum absolute atomic E-state index is 0.156. The van der Waals surface area contributed by atoms with Crippen LogP contribution in [0, 0.1) is 5.41 Å². The van der Waals surface area contributed by atoms with E-state index in [2.05, 4.69) is 17.6 Å². The van der Waals surface area contributed by atoms with Crippen LogP contribution in [0.3, 0.4) is 0 Å². The van der Waals surface area contributed by atoms with Crippen molar-refractivity contribution in [1.82, 2.24) is 10.6 Å². The van der Waals surface area contributed by atoms with Crippen LogP contribution in [-0.4, -0.2) is 37.7 Å². The second kappa shape index (κ2) is 5.36. The molecule has 4 heteroatoms. The third-order valence-electron chi connectivity index (χ3n) is 4.23. The highest BCUT2D eigenvalue weighted by Gasteiger charge is 2.41. The Morgan fingerprint density at radius 1 is 1.47 bits per heavy atom. The molecule has 1 aliphatic heterocycles. The van der Waals surface area contributed by atoms with E-state index in [1.54, 1.807) is 0 Å². The number of nitrogens with one attached hydrogen (secondary N) is 2. The molecule has 2 rings (SSSR count). The van der Waals surface area contributed by atoms with Crippen LogP contribution in [0.15, 0.2) is 0 Å². The van der Waals surface area contributed by atoms with E-state index < -0.39 is 0 Å². The normalized spacial score (nSPS) is 36.6. The lowest BCUT2D eigenvalue weighted by Crippen LogP contribution is -2.52. The van der Waals surface area contributed by atoms with E-state index in [0.29, 0.717) is 12.1 Å². The Bertz CT molecular complexity index is 269. The predicted octanol–water partition coefficient (Wildman–Crippen LogP) is 1.06. The quantitative estimate of drug-likeness (QED) is 0.755. The summed E-state index contributed by atoms with van der Waals surface area (Å²) in [6.07, 6.45) is 4.22. The van der Waals surface area contributed by atoms with Crippen LogP contribution in [-0.2, 0) is 9.53 Å². The minimum atomic E-state index is -0.156. The highest BCUT2D eigenvalue weighted by Crippen LogP contribution is 2.31. The van der Waals surface area contributed by atoms with Crippen molar-refractivity contribution in [3.63, 3.8) is 0 Å². The molecule has 1 heterocycles. The topological polar surface area (TPSA) is 50.4 Å². The summed E-state index contributed by atoms with van der Waals surface area (Å²) in [6.45, 7) is 6.69. The maximum Gasteiger partial charge on any atom is 0.227 e. The molecule has 1 amide bonds. The first-order valence-electron chi connectivity index (χ1n) is 6.83. The van der Waals surface area contributed by atoms with E-state index in [-0.39, 0.29) is 11.3 Å². The zero-order valence-electron chi connectivity index (χ0n) is 10.9. The first kappa shape index (κ1) is 12.8. The van der Waals surface area contributed by atoms with E-state index in [1.165, 1.54) is 0 Å². The number of ether oxygens (including phenoxy) is 1. The summed E-state index contributed by atoms with van der Waals surface area (Å²) in [7, 11) is 0. The number of carbonyl (C=O) groups is 1. The van der Waals surface area contributed by atoms with Crippen LogP contribution in [0.5, 0.6) is 0 Å². The lowest BCUT2D eigenvalue weighted by atomic mass is 9.81. The van der Waals surface area contributed by atoms with Gasteiger partial charge in [-0.15, -0.1) is 0 Å². The summed E-state index contributed by atoms with van der Waals surface area (Å²) < 4.78 is 5.50. The molecule has 4 nitrogen and oxygen atoms in total. The average molecular weight is 240 g/mol. The molecule has 2 N–H and O–H groups in total. The highest BCUT2D eigenvalue weighted by atomic mass is 16.5. The van der Waals surface area contributed by atoms with Crippen molar-refractivity contribution in [3.8, 4) is 0 Å². The van der Waals surface area contributed by atoms with Gasteiger partial charge in [0.25, 0.3) is 0 Å². The smallest absolute Gasteiger partial charge is 0.227 e. The molecule has 2 fully saturated rings. The van der Waals surface area contributed by atoms with E-state index in [9.17, 15) is 4.79 Å². The zero-order chi connectivity index (χ0) is 12.3. The Hall–Kier alpha value is -0.610. The lowest BCUT2D eigenvalue weighted by molar-refractivity contribution is -0.133. The van der Waals surface area contributed by atoms with Crippen molar-refractivity contribution < 1.29 is 9.53 Å². The molecule has 1 saturated heterocycles. The van der Waals surface area contributed by atoms with Gasteiger partial charge in [0.1, 0.15) is 0 Å². The number of rotatable bonds is 5. The van der Waals surface area contributed by atoms with Crippen LogP contribution in [0.4, 0.5) is 0 Å². The molecule has 0 aromatic heterocycles. The van der Waals surface area contributed by atoms with Gasteiger partial charge >= 0.3 is 0 Å². The summed E-state index contributed by atoms with van der Waals surface area (Å²) in [4.78, 5) is 12.3. The lowest BCUT2D eigenvalue weighted by Gasteiger charge is -2.37. The summed E-state index contributed by atoms with van der Waals surface area (Å²) >= 11 is 0. The second-order valence-electron chi connectivity index (χ2n) is 5.28. The van der Waals surface area contributed by atoms with Crippen LogP contribution < -0.4 is 10.6 Å². The molecular weight excluding hydrogens is 216 g/mol. The van der Waals surface area contributed by atoms with Gasteiger partial charge < -0.3 is 15.4 Å². The van der Waals surface area contributed by atoms with Crippen LogP contribution >= 0.6 is 0 Å². The molecule has 1 atom stereocenters. The fourth-order valence-corrected chi connectivity index (χ4v) is 2.79. The Balaban J connectivity index is 1.78. The van der Waals surface area contributed by atoms with Gasteiger partial charge in [-0.2, -0.15) is 0 Å². The maximum absolute atomic E-state index is 12.3. The molecule has 0 spiro atoms. The van der Waals surface area contributed by atoms with Gasteiger partial charge in [-0.3, -0.25) is 4.79 Å². The summed E-state index contributed by atoms with van der Waals surface area (Å²) in [5.41, 5.74) is -0.156. The van der Waals surface area contributed by atoms with Crippen molar-refractivity contribution >= 4 is 5.91 Å². The van der Waals surface area contributed by atoms with E-state index in [4.69, 9.17) is 4.74 Å². The molecule has 2 aliphatic rings. The van der Waals surface area contributed by atoms with Crippen LogP contribution in [0.25, 0.3) is 0 Å². The number of hydrogen-bond donors (Lipinski definition) is 2. The molecule has 98 valence electrons. The molecule has 0 bridgehead atoms. The van der Waals surface area contributed by atoms with Crippen molar-refractivity contribution in [1.29, 1.82) is 0 Å². The second-order valence-corrected chi connectivity index (χ2v) is 5.28. The molecule has 0 aromatic rings. The molecule has 17 heavy (non-hydrogen) atoms. The van der Waals surface area contributed by atoms with Gasteiger partial charge in [0.15, 0.2) is 0 Å². The van der Waals surface area contributed by atoms with Crippen molar-refractivity contribution in [2.24, 2.45) is 5.41 Å². The van der Waals surface area contributed by atoms with Crippen molar-refractivity contribution in [2.75, 3.05) is 19.7 Å². The molecule has 0 radical (unpaired) electrons. The number of hydrogen-bond acceptors (Lipinski definition) is 3. The summed E-state index contributed by atoms with van der Waals surface area (Å²) in [5.74, 6) is 0.241. The van der Waals surface area contributed by atoms with E-state index in [1.807, 2.05) is 6.92 Å². The fraction of sp³-hybridized carbons (Fsp3) is 0.923. The van der Waals surface area contributed by atoms with E-state index in [0.717, 1.165) is 45.4 Å². The van der Waals surface area contributed by atoms with Crippen LogP contribution in [0.2, 0.25) is 0 Å². The highest BCUT2D eigenvalue weighted by molar-refractivity contribution is 5.83. The minimum Gasteiger partial charge on any atom is -0.378 e. The monoisotopic (exact) mass is 240 g/mol. The number of amides is 1. The summed E-state index contributed by atoms with van der Waals surface area (Å²) in [5, 5.41) is 6.48. The van der Waals surface area contributed by atoms with Crippen molar-refractivity contribution in [2.45, 2.75) is 51.7 Å². The Labute approximate surface area is 103 Å². The predicted molar refractivity (Wildman–Crippen MR) is 66.8 cm³/mol. The van der Waals surface area contributed by atoms with Gasteiger partial charge in [0.05, 0.1) is 11.5 Å². The van der Waals surface area contributed by atoms with Gasteiger partial charge in [-0.1, -0.05) is 6.92 Å². The van der Waals surface area contributed by atoms with E-state index >= 15 is 0 Å². The summed E-state index contributed by atoms with van der Waals surface area (Å²) in [6, 6.07) is 0.336. The first-order chi connectivity index (χ1) is 8.20. The van der Waals surface area contributed by atoms with Gasteiger partial charge in [0.2, 0.25) is 5.91 Å². The largest absolute Gasteiger partial charge is 0.378 e. The standard InChI is InChI=1S/C13H24N2O2/c1-3-13(5-6-14-9-13)12(16)15-10-7-11(8-10)17-4-2/h10-11,14H,3-9H2,1-2H3,(H,15,16). The fourth-order valence-electron chi connectivity index (χ4n) is 2.79. The van der Waals surface area contributed by atoms with Gasteiger partial charge in [-0.05, 0) is 39.2 Å². The molecular formula is C13H24N2O2. The SMILES string of the molecule is CCOC1CC(NC(=O)C2(CC)CCNC2)C1. The Morgan fingerprint density at radius 2 is 2.24 bits per heavy atom. The zero-order valence-corrected chi connectivity index (χ0v) is 10.9. The molecule has 1 aliphatic carbocycles. The Morgan fingerprint density at radius 3 is 2.76 bits per heavy atom. The van der Waals surface area contributed by atoms with Gasteiger partial charge in [0, 0.05) is 19.2 Å². The van der Waals surface area contributed by atoms with Crippen LogP contribution in [0.1, 0.15) is 39.5 Å². The molecule has 1 unspecified atom stereocenters. The average Bonchev–Trinajstić information content (AvgIpc) is 2.76. The molecule has 1 saturated carbocycles. The van der Waals surface area contributed by atoms with Gasteiger partial charge in [-0.25, -0.2) is 0 Å². The first-order valence-corrected chi connectivity index (χ1v) is 6.83. The van der Waals surface area contributed by atoms with Crippen molar-refractivity contribution in [3.05, 3.63) is 0 Å². The Kier molecular flexibility index (Phi) is 4.05. The third-order valence-corrected chi connectivity index (χ3v) is 4.23. The number of carbonyl (C=O) groups excluding carboxylic acids is 1. The third kappa shape index (κ3) is 2.63.